The second-order valence-electron chi connectivity index (χ2n) is 10.5. The number of rotatable bonds is 8. The fourth-order valence-corrected chi connectivity index (χ4v) is 5.68. The molecule has 2 aliphatic rings. The van der Waals surface area contributed by atoms with Gasteiger partial charge in [-0.15, -0.1) is 0 Å². The first-order chi connectivity index (χ1) is 18.7. The van der Waals surface area contributed by atoms with Gasteiger partial charge in [-0.2, -0.15) is 0 Å². The maximum Gasteiger partial charge on any atom is 0.295 e. The van der Waals surface area contributed by atoms with Crippen LogP contribution in [0.1, 0.15) is 67.9 Å². The zero-order valence-electron chi connectivity index (χ0n) is 21.8. The van der Waals surface area contributed by atoms with Crippen molar-refractivity contribution in [1.82, 2.24) is 29.5 Å². The number of anilines is 1. The van der Waals surface area contributed by atoms with Gasteiger partial charge < -0.3 is 5.32 Å². The van der Waals surface area contributed by atoms with Crippen molar-refractivity contribution in [3.8, 4) is 11.4 Å². The fourth-order valence-electron chi connectivity index (χ4n) is 5.17. The summed E-state index contributed by atoms with van der Waals surface area (Å²) in [6.45, 7) is 4.27. The van der Waals surface area contributed by atoms with Crippen molar-refractivity contribution in [2.45, 2.75) is 69.4 Å². The molecule has 2 saturated carbocycles. The number of primary sulfonamides is 1. The molecule has 3 heterocycles. The highest BCUT2D eigenvalue weighted by Gasteiger charge is 2.31. The number of nitrogens with one attached hydrogen (secondary N) is 1. The molecule has 4 aromatic rings. The van der Waals surface area contributed by atoms with Crippen LogP contribution in [0.3, 0.4) is 0 Å². The van der Waals surface area contributed by atoms with Gasteiger partial charge >= 0.3 is 0 Å². The summed E-state index contributed by atoms with van der Waals surface area (Å²) >= 11 is 0. The molecule has 0 bridgehead atoms. The lowest BCUT2D eigenvalue weighted by atomic mass is 9.80. The lowest BCUT2D eigenvalue weighted by Crippen LogP contribution is -2.33. The third-order valence-electron chi connectivity index (χ3n) is 7.84. The van der Waals surface area contributed by atoms with E-state index in [1.807, 2.05) is 6.92 Å². The van der Waals surface area contributed by atoms with Crippen molar-refractivity contribution in [2.24, 2.45) is 11.1 Å². The Kier molecular flexibility index (Phi) is 6.38. The van der Waals surface area contributed by atoms with E-state index < -0.39 is 10.0 Å². The number of aromatic nitrogens is 6. The Hall–Kier alpha value is -3.77. The Morgan fingerprint density at radius 2 is 1.82 bits per heavy atom. The van der Waals surface area contributed by atoms with Gasteiger partial charge in [0.15, 0.2) is 17.3 Å². The topological polar surface area (TPSA) is 159 Å². The van der Waals surface area contributed by atoms with Crippen molar-refractivity contribution < 1.29 is 8.42 Å². The molecule has 3 N–H and O–H groups in total. The number of nitrogens with two attached hydrogens (primary N) is 1. The molecule has 0 amide bonds. The van der Waals surface area contributed by atoms with Crippen LogP contribution in [0.2, 0.25) is 0 Å². The predicted octanol–water partition coefficient (Wildman–Crippen LogP) is 3.45. The van der Waals surface area contributed by atoms with Gasteiger partial charge in [0, 0.05) is 18.5 Å². The van der Waals surface area contributed by atoms with Gasteiger partial charge in [0.25, 0.3) is 5.56 Å². The van der Waals surface area contributed by atoms with E-state index in [2.05, 4.69) is 32.2 Å². The highest BCUT2D eigenvalue weighted by atomic mass is 32.2. The molecule has 2 aliphatic carbocycles. The molecule has 3 aromatic heterocycles. The van der Waals surface area contributed by atoms with E-state index in [0.717, 1.165) is 54.6 Å². The standard InChI is InChI=1S/C27H30N8O3S/c1-15-22(23(19-8-9-19)32-14-31-15)24-30-13-21-26(34-24)35(16(2)18-4-3-5-18)27(36)25(33-21)29-12-17-6-10-20(11-7-17)39(28,37)38/h6-7,10-11,13-14,16,18-19H,3-5,8-9,12H2,1-2H3,(H,29,33)(H2,28,37,38)/t16-/m1/s1. The van der Waals surface area contributed by atoms with Crippen LogP contribution in [0, 0.1) is 12.8 Å². The number of nitrogens with zero attached hydrogens (tertiary/aromatic N) is 6. The smallest absolute Gasteiger partial charge is 0.295 e. The molecule has 39 heavy (non-hydrogen) atoms. The molecule has 1 aromatic carbocycles. The number of benzene rings is 1. The summed E-state index contributed by atoms with van der Waals surface area (Å²) in [5.74, 6) is 1.47. The van der Waals surface area contributed by atoms with Gasteiger partial charge in [0.05, 0.1) is 28.0 Å². The van der Waals surface area contributed by atoms with Crippen LogP contribution >= 0.6 is 0 Å². The Morgan fingerprint density at radius 1 is 1.08 bits per heavy atom. The van der Waals surface area contributed by atoms with Crippen LogP contribution in [0.25, 0.3) is 22.6 Å². The molecule has 6 rings (SSSR count). The highest BCUT2D eigenvalue weighted by molar-refractivity contribution is 7.89. The third-order valence-corrected chi connectivity index (χ3v) is 8.77. The van der Waals surface area contributed by atoms with Gasteiger partial charge in [-0.05, 0) is 63.1 Å². The van der Waals surface area contributed by atoms with Crippen molar-refractivity contribution >= 4 is 27.0 Å². The second kappa shape index (κ2) is 9.76. The fraction of sp³-hybridized carbons (Fsp3) is 0.407. The molecule has 202 valence electrons. The average molecular weight is 547 g/mol. The normalized spacial score (nSPS) is 16.7. The first-order valence-electron chi connectivity index (χ1n) is 13.2. The molecule has 0 saturated heterocycles. The molecule has 11 nitrogen and oxygen atoms in total. The molecule has 0 spiro atoms. The van der Waals surface area contributed by atoms with Gasteiger partial charge in [-0.1, -0.05) is 18.6 Å². The summed E-state index contributed by atoms with van der Waals surface area (Å²) in [4.78, 5) is 37.0. The summed E-state index contributed by atoms with van der Waals surface area (Å²) in [7, 11) is -3.78. The SMILES string of the molecule is Cc1ncnc(C2CC2)c1-c1ncc2nc(NCc3ccc(S(N)(=O)=O)cc3)c(=O)n([C@H](C)C3CCC3)c2n1. The average Bonchev–Trinajstić information content (AvgIpc) is 3.71. The molecule has 12 heteroatoms. The van der Waals surface area contributed by atoms with Crippen LogP contribution in [-0.2, 0) is 16.6 Å². The Bertz CT molecular complexity index is 1730. The van der Waals surface area contributed by atoms with Crippen molar-refractivity contribution in [3.63, 3.8) is 0 Å². The summed E-state index contributed by atoms with van der Waals surface area (Å²) in [5, 5.41) is 8.33. The minimum Gasteiger partial charge on any atom is -0.361 e. The number of sulfonamides is 1. The second-order valence-corrected chi connectivity index (χ2v) is 12.1. The summed E-state index contributed by atoms with van der Waals surface area (Å²) in [5.41, 5.74) is 4.14. The van der Waals surface area contributed by atoms with Gasteiger partial charge in [0.2, 0.25) is 10.0 Å². The molecular weight excluding hydrogens is 516 g/mol. The number of hydrogen-bond acceptors (Lipinski definition) is 9. The van der Waals surface area contributed by atoms with Crippen LogP contribution in [0.4, 0.5) is 5.82 Å². The minimum absolute atomic E-state index is 0.0311. The largest absolute Gasteiger partial charge is 0.361 e. The predicted molar refractivity (Wildman–Crippen MR) is 147 cm³/mol. The maximum absolute atomic E-state index is 13.8. The first-order valence-corrected chi connectivity index (χ1v) is 14.7. The van der Waals surface area contributed by atoms with Crippen molar-refractivity contribution in [2.75, 3.05) is 5.32 Å². The van der Waals surface area contributed by atoms with E-state index in [9.17, 15) is 13.2 Å². The maximum atomic E-state index is 13.8. The third kappa shape index (κ3) is 4.89. The number of hydrogen-bond donors (Lipinski definition) is 2. The van der Waals surface area contributed by atoms with Gasteiger partial charge in [-0.25, -0.2) is 38.5 Å². The zero-order chi connectivity index (χ0) is 27.3. The molecular formula is C27H30N8O3S. The van der Waals surface area contributed by atoms with Crippen molar-refractivity contribution in [3.05, 3.63) is 64.1 Å². The van der Waals surface area contributed by atoms with E-state index >= 15 is 0 Å². The number of aryl methyl sites for hydroxylation is 1. The van der Waals surface area contributed by atoms with E-state index in [1.165, 1.54) is 12.1 Å². The molecule has 2 fully saturated rings. The van der Waals surface area contributed by atoms with Crippen LogP contribution in [-0.4, -0.2) is 37.9 Å². The Labute approximate surface area is 226 Å². The monoisotopic (exact) mass is 546 g/mol. The molecule has 1 atom stereocenters. The van der Waals surface area contributed by atoms with Crippen LogP contribution < -0.4 is 16.0 Å². The summed E-state index contributed by atoms with van der Waals surface area (Å²) < 4.78 is 24.9. The van der Waals surface area contributed by atoms with Gasteiger partial charge in [-0.3, -0.25) is 9.36 Å². The van der Waals surface area contributed by atoms with E-state index in [0.29, 0.717) is 28.8 Å². The van der Waals surface area contributed by atoms with Crippen LogP contribution in [0.15, 0.2) is 46.5 Å². The minimum atomic E-state index is -3.78. The lowest BCUT2D eigenvalue weighted by molar-refractivity contribution is 0.222. The highest BCUT2D eigenvalue weighted by Crippen LogP contribution is 2.43. The van der Waals surface area contributed by atoms with E-state index in [1.54, 1.807) is 29.2 Å². The van der Waals surface area contributed by atoms with Crippen molar-refractivity contribution in [1.29, 1.82) is 0 Å². The Morgan fingerprint density at radius 3 is 2.46 bits per heavy atom. The molecule has 0 radical (unpaired) electrons. The summed E-state index contributed by atoms with van der Waals surface area (Å²) in [6.07, 6.45) is 8.69. The Balaban J connectivity index is 1.41. The zero-order valence-corrected chi connectivity index (χ0v) is 22.6. The summed E-state index contributed by atoms with van der Waals surface area (Å²) in [6, 6.07) is 6.13. The number of fused-ring (bicyclic) bond motifs is 1. The quantitative estimate of drug-likeness (QED) is 0.337. The first kappa shape index (κ1) is 25.5. The van der Waals surface area contributed by atoms with Gasteiger partial charge in [0.1, 0.15) is 11.8 Å². The van der Waals surface area contributed by atoms with Crippen LogP contribution in [0.5, 0.6) is 0 Å². The lowest BCUT2D eigenvalue weighted by Gasteiger charge is -2.33. The molecule has 0 aliphatic heterocycles. The van der Waals surface area contributed by atoms with E-state index in [-0.39, 0.29) is 28.9 Å². The molecule has 0 unspecified atom stereocenters. The van der Waals surface area contributed by atoms with E-state index in [4.69, 9.17) is 10.1 Å².